The van der Waals surface area contributed by atoms with E-state index in [0.717, 1.165) is 5.69 Å². The highest BCUT2D eigenvalue weighted by Gasteiger charge is 2.67. The molecule has 3 rings (SSSR count). The molecule has 0 aliphatic carbocycles. The van der Waals surface area contributed by atoms with Crippen LogP contribution in [0.2, 0.25) is 0 Å². The number of fused-ring (bicyclic) bond motifs is 1. The summed E-state index contributed by atoms with van der Waals surface area (Å²) in [7, 11) is 1.79. The second-order valence-corrected chi connectivity index (χ2v) is 5.15. The number of carbonyl (C=O) groups excluding carboxylic acids is 2. The third-order valence-corrected chi connectivity index (χ3v) is 3.67. The number of quaternary nitrogens is 1. The Labute approximate surface area is 104 Å². The number of hydrogen-bond donors (Lipinski definition) is 0. The molecule has 94 valence electrons. The Hall–Kier alpha value is -1.89. The van der Waals surface area contributed by atoms with Crippen LogP contribution in [0.1, 0.15) is 5.69 Å². The third-order valence-electron chi connectivity index (χ3n) is 3.67. The van der Waals surface area contributed by atoms with Gasteiger partial charge in [-0.25, -0.2) is 0 Å². The zero-order chi connectivity index (χ0) is 13.0. The van der Waals surface area contributed by atoms with Gasteiger partial charge in [0.1, 0.15) is 13.1 Å². The van der Waals surface area contributed by atoms with Gasteiger partial charge in [-0.1, -0.05) is 12.1 Å². The average Bonchev–Trinajstić information content (AvgIpc) is 2.62. The number of aromatic nitrogens is 1. The minimum atomic E-state index is -2.18. The van der Waals surface area contributed by atoms with Crippen LogP contribution >= 0.6 is 0 Å². The molecular formula is C11H13BN2O4. The molecule has 0 saturated carbocycles. The summed E-state index contributed by atoms with van der Waals surface area (Å²) in [5, 5.41) is 0. The Morgan fingerprint density at radius 2 is 1.83 bits per heavy atom. The van der Waals surface area contributed by atoms with Crippen LogP contribution in [0.4, 0.5) is 0 Å². The van der Waals surface area contributed by atoms with Crippen molar-refractivity contribution in [3.8, 4) is 0 Å². The zero-order valence-electron chi connectivity index (χ0n) is 10.3. The van der Waals surface area contributed by atoms with E-state index in [1.54, 1.807) is 13.1 Å². The zero-order valence-corrected chi connectivity index (χ0v) is 10.3. The lowest BCUT2D eigenvalue weighted by Gasteiger charge is -2.39. The van der Waals surface area contributed by atoms with E-state index < -0.39 is 6.69 Å². The molecule has 3 heterocycles. The summed E-state index contributed by atoms with van der Waals surface area (Å²) in [5.41, 5.74) is 1.32. The van der Waals surface area contributed by atoms with Gasteiger partial charge in [0, 0.05) is 18.3 Å². The minimum absolute atomic E-state index is 0.133. The smallest absolute Gasteiger partial charge is 0.595 e. The lowest BCUT2D eigenvalue weighted by Crippen LogP contribution is -2.68. The average molecular weight is 248 g/mol. The molecular weight excluding hydrogens is 235 g/mol. The number of pyridine rings is 1. The second kappa shape index (κ2) is 3.32. The highest BCUT2D eigenvalue weighted by atomic mass is 16.7. The Morgan fingerprint density at radius 3 is 2.39 bits per heavy atom. The summed E-state index contributed by atoms with van der Waals surface area (Å²) >= 11 is 0. The first kappa shape index (κ1) is 11.2. The molecule has 1 aromatic rings. The highest BCUT2D eigenvalue weighted by Crippen LogP contribution is 2.32. The predicted octanol–water partition coefficient (Wildman–Crippen LogP) is -0.904. The molecule has 0 bridgehead atoms. The van der Waals surface area contributed by atoms with E-state index >= 15 is 0 Å². The van der Waals surface area contributed by atoms with Crippen LogP contribution in [0.5, 0.6) is 0 Å². The topological polar surface area (TPSA) is 65.5 Å². The van der Waals surface area contributed by atoms with Crippen molar-refractivity contribution in [1.82, 2.24) is 4.98 Å². The first-order chi connectivity index (χ1) is 8.45. The highest BCUT2D eigenvalue weighted by molar-refractivity contribution is 6.78. The van der Waals surface area contributed by atoms with Gasteiger partial charge in [0.15, 0.2) is 0 Å². The predicted molar refractivity (Wildman–Crippen MR) is 62.5 cm³/mol. The maximum atomic E-state index is 11.6. The van der Waals surface area contributed by atoms with Crippen LogP contribution in [0, 0.1) is 6.92 Å². The van der Waals surface area contributed by atoms with Crippen molar-refractivity contribution in [2.45, 2.75) is 6.92 Å². The van der Waals surface area contributed by atoms with Gasteiger partial charge in [0.2, 0.25) is 0 Å². The van der Waals surface area contributed by atoms with E-state index in [1.807, 2.05) is 19.1 Å². The van der Waals surface area contributed by atoms with Gasteiger partial charge in [0.05, 0.1) is 0 Å². The molecule has 2 saturated heterocycles. The Kier molecular flexibility index (Phi) is 2.07. The number of nitrogens with zero attached hydrogens (tertiary/aromatic N) is 2. The Bertz CT molecular complexity index is 540. The van der Waals surface area contributed by atoms with Crippen LogP contribution in [0.25, 0.3) is 0 Å². The molecule has 0 N–H and O–H groups in total. The van der Waals surface area contributed by atoms with Crippen LogP contribution in [-0.2, 0) is 18.9 Å². The molecule has 0 unspecified atom stereocenters. The van der Waals surface area contributed by atoms with Gasteiger partial charge >= 0.3 is 18.6 Å². The number of hydrogen-bond acceptors (Lipinski definition) is 5. The Morgan fingerprint density at radius 1 is 1.22 bits per heavy atom. The molecule has 1 aromatic heterocycles. The van der Waals surface area contributed by atoms with Crippen molar-refractivity contribution >= 4 is 24.2 Å². The number of aryl methyl sites for hydroxylation is 1. The molecule has 2 aliphatic heterocycles. The largest absolute Gasteiger partial charge is 0.632 e. The molecule has 6 nitrogen and oxygen atoms in total. The SMILES string of the molecule is Cc1cccc([B-]23OC(=O)C[N+]2(C)CC(=O)O3)n1. The van der Waals surface area contributed by atoms with Crippen molar-refractivity contribution < 1.29 is 23.3 Å². The van der Waals surface area contributed by atoms with Crippen LogP contribution in [0.3, 0.4) is 0 Å². The molecule has 2 fully saturated rings. The summed E-state index contributed by atoms with van der Waals surface area (Å²) in [6.07, 6.45) is 0. The van der Waals surface area contributed by atoms with Crippen molar-refractivity contribution in [1.29, 1.82) is 0 Å². The third kappa shape index (κ3) is 1.31. The lowest BCUT2D eigenvalue weighted by atomic mass is 9.64. The van der Waals surface area contributed by atoms with E-state index in [-0.39, 0.29) is 29.4 Å². The lowest BCUT2D eigenvalue weighted by molar-refractivity contribution is -0.791. The normalized spacial score (nSPS) is 34.1. The van der Waals surface area contributed by atoms with E-state index in [2.05, 4.69) is 4.98 Å². The van der Waals surface area contributed by atoms with Crippen LogP contribution in [-0.4, -0.2) is 48.1 Å². The second-order valence-electron chi connectivity index (χ2n) is 5.15. The van der Waals surface area contributed by atoms with E-state index in [9.17, 15) is 9.59 Å². The fourth-order valence-corrected chi connectivity index (χ4v) is 2.80. The molecule has 0 amide bonds. The molecule has 18 heavy (non-hydrogen) atoms. The quantitative estimate of drug-likeness (QED) is 0.602. The van der Waals surface area contributed by atoms with E-state index in [4.69, 9.17) is 9.31 Å². The van der Waals surface area contributed by atoms with E-state index in [0.29, 0.717) is 5.59 Å². The van der Waals surface area contributed by atoms with Crippen molar-refractivity contribution in [2.24, 2.45) is 0 Å². The van der Waals surface area contributed by atoms with Gasteiger partial charge in [-0.05, 0) is 13.0 Å². The summed E-state index contributed by atoms with van der Waals surface area (Å²) < 4.78 is 10.9. The maximum absolute atomic E-state index is 11.6. The Balaban J connectivity index is 2.17. The first-order valence-electron chi connectivity index (χ1n) is 5.81. The van der Waals surface area contributed by atoms with Gasteiger partial charge in [-0.3, -0.25) is 14.6 Å². The maximum Gasteiger partial charge on any atom is 0.632 e. The monoisotopic (exact) mass is 248 g/mol. The minimum Gasteiger partial charge on any atom is -0.595 e. The van der Waals surface area contributed by atoms with Gasteiger partial charge in [0.25, 0.3) is 0 Å². The molecule has 0 atom stereocenters. The van der Waals surface area contributed by atoms with Crippen LogP contribution in [0.15, 0.2) is 18.2 Å². The number of carbonyl (C=O) groups is 2. The van der Waals surface area contributed by atoms with Gasteiger partial charge in [-0.15, -0.1) is 0 Å². The first-order valence-corrected chi connectivity index (χ1v) is 5.81. The number of likely N-dealkylation sites (N-methyl/N-ethyl adjacent to an activating group) is 1. The van der Waals surface area contributed by atoms with Crippen molar-refractivity contribution in [3.05, 3.63) is 23.9 Å². The molecule has 7 heteroatoms. The molecule has 0 spiro atoms. The fraction of sp³-hybridized carbons (Fsp3) is 0.364. The summed E-state index contributed by atoms with van der Waals surface area (Å²) in [5.74, 6) is -0.707. The molecule has 0 radical (unpaired) electrons. The summed E-state index contributed by atoms with van der Waals surface area (Å²) in [6, 6.07) is 5.39. The van der Waals surface area contributed by atoms with Crippen molar-refractivity contribution in [2.75, 3.05) is 20.1 Å². The summed E-state index contributed by atoms with van der Waals surface area (Å²) in [4.78, 5) is 27.5. The number of rotatable bonds is 1. The summed E-state index contributed by atoms with van der Waals surface area (Å²) in [6.45, 7) is -0.0577. The van der Waals surface area contributed by atoms with Crippen LogP contribution < -0.4 is 5.59 Å². The van der Waals surface area contributed by atoms with Crippen molar-refractivity contribution in [3.63, 3.8) is 0 Å². The van der Waals surface area contributed by atoms with Gasteiger partial charge in [-0.2, -0.15) is 0 Å². The fourth-order valence-electron chi connectivity index (χ4n) is 2.80. The molecule has 2 aliphatic rings. The van der Waals surface area contributed by atoms with E-state index in [1.165, 1.54) is 0 Å². The standard InChI is InChI=1S/C11H13BN2O4/c1-8-4-3-5-9(13-8)12-14(2,6-10(15)17-12)7-11(16)18-12/h3-5H,6-7H2,1-2H3. The van der Waals surface area contributed by atoms with Gasteiger partial charge < -0.3 is 13.7 Å². The molecule has 0 aromatic carbocycles.